The van der Waals surface area contributed by atoms with E-state index < -0.39 is 5.92 Å². The van der Waals surface area contributed by atoms with Gasteiger partial charge in [-0.2, -0.15) is 0 Å². The Morgan fingerprint density at radius 3 is 2.78 bits per heavy atom. The number of benzene rings is 1. The van der Waals surface area contributed by atoms with Gasteiger partial charge in [0.15, 0.2) is 16.6 Å². The summed E-state index contributed by atoms with van der Waals surface area (Å²) in [6.07, 6.45) is 2.57. The Balaban J connectivity index is 1.32. The third-order valence-electron chi connectivity index (χ3n) is 5.37. The molecule has 3 heterocycles. The molecule has 0 bridgehead atoms. The van der Waals surface area contributed by atoms with Crippen LogP contribution in [-0.4, -0.2) is 54.0 Å². The van der Waals surface area contributed by atoms with Gasteiger partial charge < -0.3 is 19.7 Å². The number of anilines is 1. The van der Waals surface area contributed by atoms with Crippen LogP contribution in [0.5, 0.6) is 11.5 Å². The molecule has 0 aliphatic carbocycles. The van der Waals surface area contributed by atoms with Gasteiger partial charge in [-0.05, 0) is 36.2 Å². The van der Waals surface area contributed by atoms with Gasteiger partial charge in [0.25, 0.3) is 0 Å². The molecule has 2 aromatic heterocycles. The van der Waals surface area contributed by atoms with Crippen LogP contribution in [0.15, 0.2) is 48.0 Å². The molecule has 0 spiro atoms. The molecule has 166 valence electrons. The van der Waals surface area contributed by atoms with Crippen molar-refractivity contribution in [2.24, 2.45) is 5.92 Å². The average Bonchev–Trinajstić information content (AvgIpc) is 3.44. The number of carbonyl (C=O) groups excluding carboxylic acids is 2. The van der Waals surface area contributed by atoms with Gasteiger partial charge in [-0.3, -0.25) is 14.6 Å². The van der Waals surface area contributed by atoms with Crippen LogP contribution in [0.4, 0.5) is 5.13 Å². The van der Waals surface area contributed by atoms with E-state index in [-0.39, 0.29) is 18.2 Å². The molecule has 1 N–H and O–H groups in total. The summed E-state index contributed by atoms with van der Waals surface area (Å²) in [5, 5.41) is 5.21. The highest BCUT2D eigenvalue weighted by Gasteiger charge is 2.34. The van der Waals surface area contributed by atoms with Gasteiger partial charge in [0.1, 0.15) is 5.69 Å². The molecule has 1 atom stereocenters. The molecule has 0 saturated carbocycles. The lowest BCUT2D eigenvalue weighted by atomic mass is 10.1. The van der Waals surface area contributed by atoms with Crippen molar-refractivity contribution in [3.8, 4) is 22.9 Å². The summed E-state index contributed by atoms with van der Waals surface area (Å²) in [7, 11) is 3.19. The second kappa shape index (κ2) is 9.78. The Morgan fingerprint density at radius 1 is 1.19 bits per heavy atom. The van der Waals surface area contributed by atoms with Crippen molar-refractivity contribution in [2.75, 3.05) is 32.6 Å². The van der Waals surface area contributed by atoms with E-state index in [4.69, 9.17) is 9.47 Å². The van der Waals surface area contributed by atoms with E-state index in [1.165, 1.54) is 11.3 Å². The molecule has 1 aromatic carbocycles. The summed E-state index contributed by atoms with van der Waals surface area (Å²) >= 11 is 1.34. The van der Waals surface area contributed by atoms with E-state index in [1.54, 1.807) is 25.3 Å². The maximum absolute atomic E-state index is 12.7. The zero-order chi connectivity index (χ0) is 22.5. The molecule has 9 heteroatoms. The molecule has 1 saturated heterocycles. The van der Waals surface area contributed by atoms with E-state index >= 15 is 0 Å². The number of aromatic nitrogens is 2. The first-order valence-electron chi connectivity index (χ1n) is 10.2. The van der Waals surface area contributed by atoms with Crippen LogP contribution >= 0.6 is 11.3 Å². The fourth-order valence-electron chi connectivity index (χ4n) is 3.63. The topological polar surface area (TPSA) is 93.6 Å². The fourth-order valence-corrected chi connectivity index (χ4v) is 4.34. The van der Waals surface area contributed by atoms with Crippen molar-refractivity contribution >= 4 is 28.3 Å². The minimum atomic E-state index is -0.393. The molecule has 8 nitrogen and oxygen atoms in total. The maximum atomic E-state index is 12.7. The summed E-state index contributed by atoms with van der Waals surface area (Å²) in [4.78, 5) is 35.6. The predicted octanol–water partition coefficient (Wildman–Crippen LogP) is 3.25. The van der Waals surface area contributed by atoms with Gasteiger partial charge in [-0.1, -0.05) is 12.1 Å². The lowest BCUT2D eigenvalue weighted by Crippen LogP contribution is -2.30. The van der Waals surface area contributed by atoms with E-state index in [0.717, 1.165) is 11.3 Å². The Labute approximate surface area is 190 Å². The molecular weight excluding hydrogens is 428 g/mol. The quantitative estimate of drug-likeness (QED) is 0.564. The zero-order valence-electron chi connectivity index (χ0n) is 17.9. The number of pyridine rings is 1. The lowest BCUT2D eigenvalue weighted by molar-refractivity contribution is -0.128. The molecule has 1 unspecified atom stereocenters. The number of ether oxygens (including phenoxy) is 2. The SMILES string of the molecule is COc1ccc(CCN2CC(C(=O)Nc3nc(-c4ccccn4)cs3)CC2=O)cc1OC. The summed E-state index contributed by atoms with van der Waals surface area (Å²) in [6, 6.07) is 11.3. The van der Waals surface area contributed by atoms with Crippen molar-refractivity contribution in [1.29, 1.82) is 0 Å². The first-order valence-corrected chi connectivity index (χ1v) is 11.1. The van der Waals surface area contributed by atoms with E-state index in [1.807, 2.05) is 41.8 Å². The third kappa shape index (κ3) is 4.88. The smallest absolute Gasteiger partial charge is 0.231 e. The number of hydrogen-bond donors (Lipinski definition) is 1. The zero-order valence-corrected chi connectivity index (χ0v) is 18.7. The number of rotatable bonds is 8. The molecule has 1 aliphatic heterocycles. The monoisotopic (exact) mass is 452 g/mol. The van der Waals surface area contributed by atoms with Crippen LogP contribution in [0.25, 0.3) is 11.4 Å². The van der Waals surface area contributed by atoms with Gasteiger partial charge in [0.05, 0.1) is 25.8 Å². The standard InChI is InChI=1S/C23H24N4O4S/c1-30-19-7-6-15(11-20(19)31-2)8-10-27-13-16(12-21(27)28)22(29)26-23-25-18(14-32-23)17-5-3-4-9-24-17/h3-7,9,11,14,16H,8,10,12-13H2,1-2H3,(H,25,26,29). The first kappa shape index (κ1) is 21.8. The molecular formula is C23H24N4O4S. The fraction of sp³-hybridized carbons (Fsp3) is 0.304. The molecule has 32 heavy (non-hydrogen) atoms. The van der Waals surface area contributed by atoms with Crippen LogP contribution in [0, 0.1) is 5.92 Å². The number of amides is 2. The predicted molar refractivity (Wildman–Crippen MR) is 122 cm³/mol. The number of hydrogen-bond acceptors (Lipinski definition) is 7. The van der Waals surface area contributed by atoms with Gasteiger partial charge in [-0.15, -0.1) is 11.3 Å². The normalized spacial score (nSPS) is 15.6. The molecule has 1 aliphatic rings. The first-order chi connectivity index (χ1) is 15.6. The number of methoxy groups -OCH3 is 2. The average molecular weight is 453 g/mol. The van der Waals surface area contributed by atoms with Crippen molar-refractivity contribution < 1.29 is 19.1 Å². The molecule has 3 aromatic rings. The van der Waals surface area contributed by atoms with Gasteiger partial charge >= 0.3 is 0 Å². The Bertz CT molecular complexity index is 1100. The highest BCUT2D eigenvalue weighted by Crippen LogP contribution is 2.29. The second-order valence-corrected chi connectivity index (χ2v) is 8.28. The Kier molecular flexibility index (Phi) is 6.65. The molecule has 0 radical (unpaired) electrons. The minimum absolute atomic E-state index is 0.0149. The number of nitrogens with one attached hydrogen (secondary N) is 1. The number of thiazole rings is 1. The second-order valence-electron chi connectivity index (χ2n) is 7.42. The summed E-state index contributed by atoms with van der Waals surface area (Å²) in [6.45, 7) is 0.940. The van der Waals surface area contributed by atoms with Crippen LogP contribution < -0.4 is 14.8 Å². The molecule has 1 fully saturated rings. The van der Waals surface area contributed by atoms with Crippen LogP contribution in [0.2, 0.25) is 0 Å². The number of likely N-dealkylation sites (tertiary alicyclic amines) is 1. The van der Waals surface area contributed by atoms with E-state index in [2.05, 4.69) is 15.3 Å². The highest BCUT2D eigenvalue weighted by molar-refractivity contribution is 7.14. The van der Waals surface area contributed by atoms with Crippen molar-refractivity contribution in [2.45, 2.75) is 12.8 Å². The molecule has 2 amide bonds. The van der Waals surface area contributed by atoms with Crippen molar-refractivity contribution in [1.82, 2.24) is 14.9 Å². The minimum Gasteiger partial charge on any atom is -0.493 e. The Morgan fingerprint density at radius 2 is 2.03 bits per heavy atom. The van der Waals surface area contributed by atoms with Gasteiger partial charge in [-0.25, -0.2) is 4.98 Å². The van der Waals surface area contributed by atoms with Crippen molar-refractivity contribution in [3.05, 3.63) is 53.5 Å². The highest BCUT2D eigenvalue weighted by atomic mass is 32.1. The van der Waals surface area contributed by atoms with Crippen LogP contribution in [-0.2, 0) is 16.0 Å². The van der Waals surface area contributed by atoms with Gasteiger partial charge in [0, 0.05) is 31.1 Å². The largest absolute Gasteiger partial charge is 0.493 e. The third-order valence-corrected chi connectivity index (χ3v) is 6.12. The van der Waals surface area contributed by atoms with Gasteiger partial charge in [0.2, 0.25) is 11.8 Å². The Hall–Kier alpha value is -3.46. The lowest BCUT2D eigenvalue weighted by Gasteiger charge is -2.17. The number of carbonyl (C=O) groups is 2. The number of nitrogens with zero attached hydrogens (tertiary/aromatic N) is 3. The summed E-state index contributed by atoms with van der Waals surface area (Å²) in [5.41, 5.74) is 2.50. The van der Waals surface area contributed by atoms with E-state index in [9.17, 15) is 9.59 Å². The van der Waals surface area contributed by atoms with Crippen molar-refractivity contribution in [3.63, 3.8) is 0 Å². The molecule has 4 rings (SSSR count). The van der Waals surface area contributed by atoms with E-state index in [0.29, 0.717) is 41.8 Å². The summed E-state index contributed by atoms with van der Waals surface area (Å²) in [5.74, 6) is 0.727. The maximum Gasteiger partial charge on any atom is 0.231 e. The van der Waals surface area contributed by atoms with Crippen LogP contribution in [0.1, 0.15) is 12.0 Å². The van der Waals surface area contributed by atoms with Crippen LogP contribution in [0.3, 0.4) is 0 Å². The summed E-state index contributed by atoms with van der Waals surface area (Å²) < 4.78 is 10.6.